The number of hydrogen-bond donors (Lipinski definition) is 0. The van der Waals surface area contributed by atoms with Crippen LogP contribution in [0.1, 0.15) is 16.1 Å². The van der Waals surface area contributed by atoms with Crippen molar-refractivity contribution in [3.05, 3.63) is 29.6 Å². The summed E-state index contributed by atoms with van der Waals surface area (Å²) in [4.78, 5) is 11.1. The van der Waals surface area contributed by atoms with Gasteiger partial charge in [-0.25, -0.2) is 9.07 Å². The van der Waals surface area contributed by atoms with E-state index in [1.54, 1.807) is 23.0 Å². The first-order valence-electron chi connectivity index (χ1n) is 9.74. The molecule has 0 unspecified atom stereocenters. The third-order valence-corrected chi connectivity index (χ3v) is 4.00. The monoisotopic (exact) mass is 441 g/mol. The number of halogens is 1. The molecule has 0 saturated heterocycles. The van der Waals surface area contributed by atoms with Crippen LogP contribution >= 0.6 is 0 Å². The van der Waals surface area contributed by atoms with Gasteiger partial charge in [0, 0.05) is 5.56 Å². The summed E-state index contributed by atoms with van der Waals surface area (Å²) in [5.41, 5.74) is 1.01. The Kier molecular flexibility index (Phi) is 11.3. The normalized spacial score (nSPS) is 10.8. The van der Waals surface area contributed by atoms with Crippen molar-refractivity contribution in [3.8, 4) is 17.2 Å². The summed E-state index contributed by atoms with van der Waals surface area (Å²) in [5, 5.41) is 8.09. The van der Waals surface area contributed by atoms with Crippen LogP contribution in [0.2, 0.25) is 0 Å². The molecule has 2 aromatic rings. The molecule has 1 aromatic heterocycles. The summed E-state index contributed by atoms with van der Waals surface area (Å²) >= 11 is 0. The molecule has 11 heteroatoms. The molecule has 0 amide bonds. The molecule has 2 rings (SSSR count). The number of ether oxygens (including phenoxy) is 6. The van der Waals surface area contributed by atoms with Gasteiger partial charge in [-0.1, -0.05) is 5.21 Å². The minimum Gasteiger partial charge on any atom is -0.493 e. The Morgan fingerprint density at radius 3 is 2.29 bits per heavy atom. The zero-order valence-electron chi connectivity index (χ0n) is 17.8. The van der Waals surface area contributed by atoms with Gasteiger partial charge < -0.3 is 28.4 Å². The molecule has 10 nitrogen and oxygen atoms in total. The lowest BCUT2D eigenvalue weighted by Gasteiger charge is -2.13. The van der Waals surface area contributed by atoms with Crippen molar-refractivity contribution in [2.45, 2.75) is 13.2 Å². The lowest BCUT2D eigenvalue weighted by molar-refractivity contribution is 0.0106. The highest BCUT2D eigenvalue weighted by Crippen LogP contribution is 2.38. The van der Waals surface area contributed by atoms with Gasteiger partial charge in [0.15, 0.2) is 11.5 Å². The Balaban J connectivity index is 1.71. The van der Waals surface area contributed by atoms with Crippen molar-refractivity contribution in [2.24, 2.45) is 0 Å². The molecular formula is C20H28FN3O7. The maximum atomic E-state index is 11.8. The Morgan fingerprint density at radius 2 is 1.65 bits per heavy atom. The van der Waals surface area contributed by atoms with Crippen LogP contribution in [-0.2, 0) is 27.4 Å². The predicted molar refractivity (Wildman–Crippen MR) is 108 cm³/mol. The number of carbonyl (C=O) groups excluding carboxylic acids is 1. The Hall–Kier alpha value is -2.76. The molecule has 0 atom stereocenters. The van der Waals surface area contributed by atoms with E-state index in [0.717, 1.165) is 0 Å². The van der Waals surface area contributed by atoms with Crippen molar-refractivity contribution in [1.29, 1.82) is 0 Å². The van der Waals surface area contributed by atoms with Gasteiger partial charge in [-0.05, 0) is 12.1 Å². The van der Waals surface area contributed by atoms with Crippen LogP contribution in [-0.4, -0.2) is 81.8 Å². The molecule has 0 radical (unpaired) electrons. The standard InChI is InChI=1S/C20H28FN3O7/c1-26-18-11-16(14-25)12-19(20(18)27-2)31-15-17-13-24(23-22-17)4-6-29-8-10-30-9-7-28-5-3-21/h11-14H,3-10,15H2,1-2H3. The minimum absolute atomic E-state index is 0.0949. The lowest BCUT2D eigenvalue weighted by atomic mass is 10.2. The van der Waals surface area contributed by atoms with Crippen molar-refractivity contribution >= 4 is 6.29 Å². The quantitative estimate of drug-likeness (QED) is 0.268. The molecule has 0 bridgehead atoms. The number of rotatable bonds is 17. The summed E-state index contributed by atoms with van der Waals surface area (Å²) in [6, 6.07) is 3.14. The third kappa shape index (κ3) is 8.48. The third-order valence-electron chi connectivity index (χ3n) is 4.00. The van der Waals surface area contributed by atoms with E-state index in [0.29, 0.717) is 74.4 Å². The van der Waals surface area contributed by atoms with Crippen molar-refractivity contribution < 1.29 is 37.6 Å². The number of aromatic nitrogens is 3. The molecule has 0 aliphatic rings. The maximum Gasteiger partial charge on any atom is 0.203 e. The van der Waals surface area contributed by atoms with E-state index in [1.165, 1.54) is 14.2 Å². The van der Waals surface area contributed by atoms with Crippen LogP contribution in [0.3, 0.4) is 0 Å². The molecule has 0 aliphatic carbocycles. The highest BCUT2D eigenvalue weighted by atomic mass is 19.1. The van der Waals surface area contributed by atoms with Gasteiger partial charge in [0.1, 0.15) is 25.3 Å². The SMILES string of the molecule is COc1cc(C=O)cc(OCc2cn(CCOCCOCCOCCF)nn2)c1OC. The largest absolute Gasteiger partial charge is 0.493 e. The van der Waals surface area contributed by atoms with E-state index in [1.807, 2.05) is 0 Å². The Bertz CT molecular complexity index is 788. The van der Waals surface area contributed by atoms with E-state index in [2.05, 4.69) is 10.3 Å². The van der Waals surface area contributed by atoms with Crippen LogP contribution in [0, 0.1) is 0 Å². The van der Waals surface area contributed by atoms with E-state index in [-0.39, 0.29) is 13.2 Å². The fourth-order valence-electron chi connectivity index (χ4n) is 2.55. The number of alkyl halides is 1. The number of benzene rings is 1. The summed E-state index contributed by atoms with van der Waals surface area (Å²) in [6.07, 6.45) is 2.45. The molecule has 0 aliphatic heterocycles. The topological polar surface area (TPSA) is 103 Å². The van der Waals surface area contributed by atoms with Crippen LogP contribution < -0.4 is 14.2 Å². The second-order valence-electron chi connectivity index (χ2n) is 6.16. The molecule has 0 saturated carbocycles. The molecule has 1 aromatic carbocycles. The Labute approximate surface area is 180 Å². The van der Waals surface area contributed by atoms with Crippen molar-refractivity contribution in [2.75, 3.05) is 60.5 Å². The van der Waals surface area contributed by atoms with Crippen LogP contribution in [0.15, 0.2) is 18.3 Å². The molecule has 0 spiro atoms. The molecular weight excluding hydrogens is 413 g/mol. The fraction of sp³-hybridized carbons (Fsp3) is 0.550. The zero-order chi connectivity index (χ0) is 22.3. The van der Waals surface area contributed by atoms with Gasteiger partial charge in [0.25, 0.3) is 0 Å². The average Bonchev–Trinajstić information content (AvgIpc) is 3.25. The number of carbonyl (C=O) groups is 1. The van der Waals surface area contributed by atoms with Gasteiger partial charge in [-0.15, -0.1) is 5.10 Å². The fourth-order valence-corrected chi connectivity index (χ4v) is 2.55. The van der Waals surface area contributed by atoms with Gasteiger partial charge in [0.2, 0.25) is 5.75 Å². The van der Waals surface area contributed by atoms with Gasteiger partial charge in [0.05, 0.1) is 66.6 Å². The number of aldehydes is 1. The first-order valence-corrected chi connectivity index (χ1v) is 9.74. The summed E-state index contributed by atoms with van der Waals surface area (Å²) < 4.78 is 45.5. The van der Waals surface area contributed by atoms with Crippen LogP contribution in [0.4, 0.5) is 4.39 Å². The average molecular weight is 441 g/mol. The summed E-state index contributed by atoms with van der Waals surface area (Å²) in [7, 11) is 2.98. The van der Waals surface area contributed by atoms with Crippen LogP contribution in [0.25, 0.3) is 0 Å². The number of methoxy groups -OCH3 is 2. The lowest BCUT2D eigenvalue weighted by Crippen LogP contribution is -2.12. The second kappa shape index (κ2) is 14.3. The predicted octanol–water partition coefficient (Wildman–Crippen LogP) is 1.71. The van der Waals surface area contributed by atoms with E-state index < -0.39 is 6.67 Å². The van der Waals surface area contributed by atoms with Crippen LogP contribution in [0.5, 0.6) is 17.2 Å². The number of nitrogens with zero attached hydrogens (tertiary/aromatic N) is 3. The molecule has 0 fully saturated rings. The van der Waals surface area contributed by atoms with Gasteiger partial charge in [-0.2, -0.15) is 0 Å². The van der Waals surface area contributed by atoms with E-state index in [4.69, 9.17) is 28.4 Å². The highest BCUT2D eigenvalue weighted by Gasteiger charge is 2.14. The number of hydrogen-bond acceptors (Lipinski definition) is 9. The van der Waals surface area contributed by atoms with E-state index >= 15 is 0 Å². The summed E-state index contributed by atoms with van der Waals surface area (Å²) in [6.45, 7) is 2.34. The smallest absolute Gasteiger partial charge is 0.203 e. The molecule has 0 N–H and O–H groups in total. The van der Waals surface area contributed by atoms with Gasteiger partial charge >= 0.3 is 0 Å². The second-order valence-corrected chi connectivity index (χ2v) is 6.16. The zero-order valence-corrected chi connectivity index (χ0v) is 17.8. The molecule has 31 heavy (non-hydrogen) atoms. The van der Waals surface area contributed by atoms with Crippen molar-refractivity contribution in [1.82, 2.24) is 15.0 Å². The van der Waals surface area contributed by atoms with E-state index in [9.17, 15) is 9.18 Å². The van der Waals surface area contributed by atoms with Gasteiger partial charge in [-0.3, -0.25) is 4.79 Å². The first kappa shape index (κ1) is 24.5. The van der Waals surface area contributed by atoms with Crippen molar-refractivity contribution in [3.63, 3.8) is 0 Å². The highest BCUT2D eigenvalue weighted by molar-refractivity contribution is 5.78. The summed E-state index contributed by atoms with van der Waals surface area (Å²) in [5.74, 6) is 1.17. The molecule has 1 heterocycles. The Morgan fingerprint density at radius 1 is 0.968 bits per heavy atom. The molecule has 172 valence electrons. The minimum atomic E-state index is -0.491. The maximum absolute atomic E-state index is 11.8. The first-order chi connectivity index (χ1) is 15.2.